The summed E-state index contributed by atoms with van der Waals surface area (Å²) in [4.78, 5) is 14.0. The Morgan fingerprint density at radius 2 is 1.57 bits per heavy atom. The first-order valence-electron chi connectivity index (χ1n) is 6.47. The molecule has 0 heterocycles. The number of amides is 1. The summed E-state index contributed by atoms with van der Waals surface area (Å²) in [6, 6.07) is 14.2. The number of para-hydroxylation sites is 1. The number of benzene rings is 2. The number of halogens is 2. The van der Waals surface area contributed by atoms with E-state index in [1.807, 2.05) is 30.3 Å². The van der Waals surface area contributed by atoms with Crippen molar-refractivity contribution >= 4 is 34.8 Å². The summed E-state index contributed by atoms with van der Waals surface area (Å²) in [6.45, 7) is 0. The molecule has 0 saturated heterocycles. The molecule has 2 rings (SSSR count). The lowest BCUT2D eigenvalue weighted by Gasteiger charge is -2.24. The van der Waals surface area contributed by atoms with Gasteiger partial charge in [0.05, 0.1) is 15.7 Å². The zero-order valence-corrected chi connectivity index (χ0v) is 13.3. The van der Waals surface area contributed by atoms with Gasteiger partial charge >= 0.3 is 0 Å². The fraction of sp³-hybridized carbons (Fsp3) is 0.188. The van der Waals surface area contributed by atoms with Crippen LogP contribution < -0.4 is 5.32 Å². The third-order valence-electron chi connectivity index (χ3n) is 3.07. The Morgan fingerprint density at radius 3 is 2.10 bits per heavy atom. The molecule has 1 unspecified atom stereocenters. The number of carbonyl (C=O) groups excluding carboxylic acids is 1. The van der Waals surface area contributed by atoms with Gasteiger partial charge in [0.2, 0.25) is 5.91 Å². The predicted molar refractivity (Wildman–Crippen MR) is 88.0 cm³/mol. The van der Waals surface area contributed by atoms with Crippen molar-refractivity contribution in [1.82, 2.24) is 4.90 Å². The maximum Gasteiger partial charge on any atom is 0.249 e. The molecule has 0 fully saturated rings. The van der Waals surface area contributed by atoms with Crippen LogP contribution in [0.2, 0.25) is 10.0 Å². The van der Waals surface area contributed by atoms with E-state index in [9.17, 15) is 4.79 Å². The summed E-state index contributed by atoms with van der Waals surface area (Å²) in [7, 11) is 3.43. The molecule has 110 valence electrons. The largest absolute Gasteiger partial charge is 0.368 e. The van der Waals surface area contributed by atoms with E-state index in [1.54, 1.807) is 32.3 Å². The molecule has 0 aliphatic rings. The summed E-state index contributed by atoms with van der Waals surface area (Å²) >= 11 is 12.3. The summed E-state index contributed by atoms with van der Waals surface area (Å²) in [5, 5.41) is 4.12. The van der Waals surface area contributed by atoms with Crippen molar-refractivity contribution in [2.24, 2.45) is 0 Å². The molecule has 1 atom stereocenters. The predicted octanol–water partition coefficient (Wildman–Crippen LogP) is 4.23. The first-order chi connectivity index (χ1) is 10.0. The van der Waals surface area contributed by atoms with Crippen LogP contribution in [-0.2, 0) is 4.79 Å². The van der Waals surface area contributed by atoms with Crippen molar-refractivity contribution < 1.29 is 4.79 Å². The molecular formula is C16H16Cl2N2O. The van der Waals surface area contributed by atoms with Gasteiger partial charge in [0.25, 0.3) is 0 Å². The van der Waals surface area contributed by atoms with Crippen molar-refractivity contribution in [2.45, 2.75) is 6.04 Å². The van der Waals surface area contributed by atoms with E-state index >= 15 is 0 Å². The van der Waals surface area contributed by atoms with E-state index < -0.39 is 6.04 Å². The number of likely N-dealkylation sites (N-methyl/N-ethyl adjacent to an activating group) is 1. The van der Waals surface area contributed by atoms with Crippen LogP contribution in [0.3, 0.4) is 0 Å². The van der Waals surface area contributed by atoms with Gasteiger partial charge in [-0.15, -0.1) is 0 Å². The van der Waals surface area contributed by atoms with Crippen LogP contribution in [0.4, 0.5) is 5.69 Å². The highest BCUT2D eigenvalue weighted by Crippen LogP contribution is 2.33. The second-order valence-electron chi connectivity index (χ2n) is 4.82. The Balaban J connectivity index is 2.40. The number of nitrogens with one attached hydrogen (secondary N) is 1. The van der Waals surface area contributed by atoms with Gasteiger partial charge in [-0.25, -0.2) is 0 Å². The third-order valence-corrected chi connectivity index (χ3v) is 3.70. The van der Waals surface area contributed by atoms with E-state index in [0.29, 0.717) is 15.7 Å². The molecule has 0 aliphatic heterocycles. The van der Waals surface area contributed by atoms with Gasteiger partial charge in [-0.3, -0.25) is 4.79 Å². The average Bonchev–Trinajstić information content (AvgIpc) is 2.47. The zero-order valence-electron chi connectivity index (χ0n) is 11.8. The second kappa shape index (κ2) is 6.83. The first-order valence-corrected chi connectivity index (χ1v) is 7.23. The molecule has 1 N–H and O–H groups in total. The number of nitrogens with zero attached hydrogens (tertiary/aromatic N) is 1. The van der Waals surface area contributed by atoms with Crippen LogP contribution in [0.1, 0.15) is 11.6 Å². The third kappa shape index (κ3) is 3.69. The molecule has 1 amide bonds. The molecule has 0 aromatic heterocycles. The lowest BCUT2D eigenvalue weighted by atomic mass is 10.1. The monoisotopic (exact) mass is 322 g/mol. The smallest absolute Gasteiger partial charge is 0.249 e. The Kier molecular flexibility index (Phi) is 5.10. The summed E-state index contributed by atoms with van der Waals surface area (Å²) in [6.07, 6.45) is 0. The molecule has 2 aromatic rings. The molecule has 0 spiro atoms. The highest BCUT2D eigenvalue weighted by atomic mass is 35.5. The zero-order chi connectivity index (χ0) is 15.4. The Morgan fingerprint density at radius 1 is 1.00 bits per heavy atom. The number of carbonyl (C=O) groups is 1. The molecule has 0 saturated carbocycles. The standard InChI is InChI=1S/C16H16Cl2N2O/c1-20(2)16(21)14(11-7-4-3-5-8-11)19-15-12(17)9-6-10-13(15)18/h3-10,14,19H,1-2H3. The topological polar surface area (TPSA) is 32.3 Å². The minimum atomic E-state index is -0.543. The summed E-state index contributed by atoms with van der Waals surface area (Å²) in [5.41, 5.74) is 1.41. The number of rotatable bonds is 4. The molecule has 3 nitrogen and oxygen atoms in total. The van der Waals surface area contributed by atoms with Gasteiger partial charge in [0.1, 0.15) is 6.04 Å². The average molecular weight is 323 g/mol. The van der Waals surface area contributed by atoms with Crippen LogP contribution in [-0.4, -0.2) is 24.9 Å². The second-order valence-corrected chi connectivity index (χ2v) is 5.63. The lowest BCUT2D eigenvalue weighted by molar-refractivity contribution is -0.129. The fourth-order valence-electron chi connectivity index (χ4n) is 1.97. The minimum absolute atomic E-state index is 0.0720. The van der Waals surface area contributed by atoms with Gasteiger partial charge in [-0.05, 0) is 17.7 Å². The molecule has 2 aromatic carbocycles. The van der Waals surface area contributed by atoms with E-state index in [1.165, 1.54) is 4.90 Å². The number of anilines is 1. The van der Waals surface area contributed by atoms with E-state index in [4.69, 9.17) is 23.2 Å². The van der Waals surface area contributed by atoms with E-state index in [0.717, 1.165) is 5.56 Å². The van der Waals surface area contributed by atoms with Crippen LogP contribution >= 0.6 is 23.2 Å². The molecule has 0 bridgehead atoms. The highest BCUT2D eigenvalue weighted by molar-refractivity contribution is 6.39. The van der Waals surface area contributed by atoms with Crippen LogP contribution in [0.15, 0.2) is 48.5 Å². The van der Waals surface area contributed by atoms with Crippen molar-refractivity contribution in [3.05, 3.63) is 64.1 Å². The SMILES string of the molecule is CN(C)C(=O)C(Nc1c(Cl)cccc1Cl)c1ccccc1. The Hall–Kier alpha value is -1.71. The van der Waals surface area contributed by atoms with Crippen molar-refractivity contribution in [1.29, 1.82) is 0 Å². The van der Waals surface area contributed by atoms with Gasteiger partial charge in [0.15, 0.2) is 0 Å². The molecular weight excluding hydrogens is 307 g/mol. The maximum atomic E-state index is 12.4. The molecule has 0 radical (unpaired) electrons. The highest BCUT2D eigenvalue weighted by Gasteiger charge is 2.23. The van der Waals surface area contributed by atoms with Crippen LogP contribution in [0, 0.1) is 0 Å². The van der Waals surface area contributed by atoms with Crippen LogP contribution in [0.5, 0.6) is 0 Å². The number of hydrogen-bond donors (Lipinski definition) is 1. The van der Waals surface area contributed by atoms with Crippen molar-refractivity contribution in [2.75, 3.05) is 19.4 Å². The molecule has 0 aliphatic carbocycles. The first kappa shape index (κ1) is 15.7. The van der Waals surface area contributed by atoms with Gasteiger partial charge in [-0.2, -0.15) is 0 Å². The lowest BCUT2D eigenvalue weighted by Crippen LogP contribution is -2.32. The number of hydrogen-bond acceptors (Lipinski definition) is 2. The molecule has 21 heavy (non-hydrogen) atoms. The normalized spacial score (nSPS) is 11.8. The van der Waals surface area contributed by atoms with E-state index in [2.05, 4.69) is 5.32 Å². The van der Waals surface area contributed by atoms with Crippen LogP contribution in [0.25, 0.3) is 0 Å². The minimum Gasteiger partial charge on any atom is -0.368 e. The maximum absolute atomic E-state index is 12.4. The fourth-order valence-corrected chi connectivity index (χ4v) is 2.48. The molecule has 5 heteroatoms. The van der Waals surface area contributed by atoms with Crippen molar-refractivity contribution in [3.63, 3.8) is 0 Å². The van der Waals surface area contributed by atoms with Crippen molar-refractivity contribution in [3.8, 4) is 0 Å². The summed E-state index contributed by atoms with van der Waals surface area (Å²) in [5.74, 6) is -0.0720. The van der Waals surface area contributed by atoms with Gasteiger partial charge < -0.3 is 10.2 Å². The quantitative estimate of drug-likeness (QED) is 0.913. The van der Waals surface area contributed by atoms with Gasteiger partial charge in [0, 0.05) is 14.1 Å². The Labute approximate surface area is 134 Å². The van der Waals surface area contributed by atoms with E-state index in [-0.39, 0.29) is 5.91 Å². The Bertz CT molecular complexity index is 609. The van der Waals surface area contributed by atoms with Gasteiger partial charge in [-0.1, -0.05) is 59.6 Å². The summed E-state index contributed by atoms with van der Waals surface area (Å²) < 4.78 is 0.